The molecule has 0 unspecified atom stereocenters. The summed E-state index contributed by atoms with van der Waals surface area (Å²) in [6.07, 6.45) is 0. The molecule has 0 aliphatic heterocycles. The Balaban J connectivity index is 1.88. The lowest BCUT2D eigenvalue weighted by atomic mass is 10.2. The summed E-state index contributed by atoms with van der Waals surface area (Å²) in [7, 11) is 0. The number of amides is 1. The van der Waals surface area contributed by atoms with E-state index in [9.17, 15) is 4.79 Å². The summed E-state index contributed by atoms with van der Waals surface area (Å²) in [5, 5.41) is 0.803. The van der Waals surface area contributed by atoms with Gasteiger partial charge in [-0.05, 0) is 23.8 Å². The summed E-state index contributed by atoms with van der Waals surface area (Å²) in [4.78, 5) is 18.4. The number of nitrogens with one attached hydrogen (secondary N) is 1. The molecule has 1 heterocycles. The minimum absolute atomic E-state index is 0.269. The predicted octanol–water partition coefficient (Wildman–Crippen LogP) is 2.16. The number of nitrogens with two attached hydrogens (primary N) is 2. The van der Waals surface area contributed by atoms with Gasteiger partial charge in [-0.15, -0.1) is 0 Å². The van der Waals surface area contributed by atoms with Crippen LogP contribution < -0.4 is 16.2 Å². The van der Waals surface area contributed by atoms with Gasteiger partial charge in [-0.3, -0.25) is 4.79 Å². The fraction of sp³-hybridized carbons (Fsp3) is 0.0588. The molecule has 3 aromatic rings. The Bertz CT molecular complexity index is 865. The maximum atomic E-state index is 11.9. The van der Waals surface area contributed by atoms with Crippen molar-refractivity contribution < 1.29 is 9.53 Å². The molecule has 5 N–H and O–H groups in total. The third-order valence-electron chi connectivity index (χ3n) is 3.32. The van der Waals surface area contributed by atoms with Gasteiger partial charge in [-0.25, -0.2) is 0 Å². The Kier molecular flexibility index (Phi) is 3.97. The van der Waals surface area contributed by atoms with E-state index in [-0.39, 0.29) is 5.96 Å². The van der Waals surface area contributed by atoms with E-state index < -0.39 is 5.91 Å². The number of aromatic nitrogens is 1. The Hall–Kier alpha value is -3.28. The Morgan fingerprint density at radius 1 is 1.09 bits per heavy atom. The van der Waals surface area contributed by atoms with Crippen molar-refractivity contribution in [3.05, 3.63) is 65.9 Å². The van der Waals surface area contributed by atoms with Gasteiger partial charge in [0.1, 0.15) is 18.1 Å². The second-order valence-corrected chi connectivity index (χ2v) is 5.02. The summed E-state index contributed by atoms with van der Waals surface area (Å²) in [5.74, 6) is -0.101. The number of ether oxygens (including phenoxy) is 1. The van der Waals surface area contributed by atoms with Gasteiger partial charge in [0, 0.05) is 10.9 Å². The molecule has 23 heavy (non-hydrogen) atoms. The Morgan fingerprint density at radius 2 is 1.87 bits per heavy atom. The molecule has 0 saturated carbocycles. The monoisotopic (exact) mass is 308 g/mol. The quantitative estimate of drug-likeness (QED) is 0.507. The third kappa shape index (κ3) is 3.32. The van der Waals surface area contributed by atoms with E-state index in [0.717, 1.165) is 16.5 Å². The van der Waals surface area contributed by atoms with Crippen LogP contribution in [0, 0.1) is 0 Å². The van der Waals surface area contributed by atoms with Crippen molar-refractivity contribution in [3.63, 3.8) is 0 Å². The summed E-state index contributed by atoms with van der Waals surface area (Å²) in [5.41, 5.74) is 12.6. The van der Waals surface area contributed by atoms with Crippen LogP contribution in [0.15, 0.2) is 59.6 Å². The topological polar surface area (TPSA) is 106 Å². The molecular weight excluding hydrogens is 292 g/mol. The highest BCUT2D eigenvalue weighted by atomic mass is 16.5. The first-order chi connectivity index (χ1) is 11.1. The maximum absolute atomic E-state index is 11.9. The van der Waals surface area contributed by atoms with Gasteiger partial charge in [-0.2, -0.15) is 4.99 Å². The lowest BCUT2D eigenvalue weighted by Gasteiger charge is -2.07. The van der Waals surface area contributed by atoms with Crippen LogP contribution in [0.25, 0.3) is 10.9 Å². The fourth-order valence-electron chi connectivity index (χ4n) is 2.28. The second kappa shape index (κ2) is 6.23. The minimum Gasteiger partial charge on any atom is -0.488 e. The van der Waals surface area contributed by atoms with Gasteiger partial charge in [-0.1, -0.05) is 36.4 Å². The first kappa shape index (κ1) is 14.6. The van der Waals surface area contributed by atoms with Crippen molar-refractivity contribution in [1.82, 2.24) is 4.98 Å². The van der Waals surface area contributed by atoms with Crippen molar-refractivity contribution in [1.29, 1.82) is 0 Å². The summed E-state index contributed by atoms with van der Waals surface area (Å²) in [6.45, 7) is 0.447. The van der Waals surface area contributed by atoms with E-state index in [1.165, 1.54) is 0 Å². The molecular formula is C17H16N4O2. The van der Waals surface area contributed by atoms with Crippen molar-refractivity contribution >= 4 is 22.8 Å². The average molecular weight is 308 g/mol. The number of fused-ring (bicyclic) bond motifs is 1. The molecule has 6 heteroatoms. The molecule has 0 spiro atoms. The van der Waals surface area contributed by atoms with Crippen molar-refractivity contribution in [2.45, 2.75) is 6.61 Å². The van der Waals surface area contributed by atoms with Crippen LogP contribution in [0.1, 0.15) is 16.1 Å². The Labute approximate surface area is 132 Å². The van der Waals surface area contributed by atoms with E-state index >= 15 is 0 Å². The Morgan fingerprint density at radius 3 is 2.61 bits per heavy atom. The number of aromatic amines is 1. The zero-order valence-electron chi connectivity index (χ0n) is 12.3. The third-order valence-corrected chi connectivity index (χ3v) is 3.32. The van der Waals surface area contributed by atoms with Crippen molar-refractivity contribution in [3.8, 4) is 5.75 Å². The normalized spacial score (nSPS) is 10.4. The maximum Gasteiger partial charge on any atom is 0.296 e. The van der Waals surface area contributed by atoms with Crippen LogP contribution in [0.2, 0.25) is 0 Å². The molecule has 1 amide bonds. The lowest BCUT2D eigenvalue weighted by molar-refractivity contribution is 0.0999. The standard InChI is InChI=1S/C17H16N4O2/c18-17(19)21-16(22)14-9-12-13(20-14)7-4-8-15(12)23-10-11-5-2-1-3-6-11/h1-9,20H,10H2,(H4,18,19,21,22). The average Bonchev–Trinajstić information content (AvgIpc) is 2.98. The molecule has 0 radical (unpaired) electrons. The number of guanidine groups is 1. The van der Waals surface area contributed by atoms with Gasteiger partial charge in [0.2, 0.25) is 0 Å². The van der Waals surface area contributed by atoms with Crippen LogP contribution in [-0.4, -0.2) is 16.9 Å². The first-order valence-corrected chi connectivity index (χ1v) is 7.06. The van der Waals surface area contributed by atoms with Gasteiger partial charge in [0.15, 0.2) is 5.96 Å². The van der Waals surface area contributed by atoms with Crippen LogP contribution in [0.4, 0.5) is 0 Å². The summed E-state index contributed by atoms with van der Waals surface area (Å²) in [6, 6.07) is 17.1. The molecule has 0 aliphatic rings. The highest BCUT2D eigenvalue weighted by molar-refractivity contribution is 6.04. The van der Waals surface area contributed by atoms with Crippen molar-refractivity contribution in [2.75, 3.05) is 0 Å². The SMILES string of the molecule is NC(N)=NC(=O)c1cc2c(OCc3ccccc3)cccc2[nH]1. The van der Waals surface area contributed by atoms with E-state index in [2.05, 4.69) is 9.98 Å². The molecule has 3 rings (SSSR count). The molecule has 2 aromatic carbocycles. The van der Waals surface area contributed by atoms with Gasteiger partial charge in [0.05, 0.1) is 0 Å². The zero-order valence-corrected chi connectivity index (χ0v) is 12.3. The summed E-state index contributed by atoms with van der Waals surface area (Å²) < 4.78 is 5.86. The van der Waals surface area contributed by atoms with E-state index in [0.29, 0.717) is 18.1 Å². The fourth-order valence-corrected chi connectivity index (χ4v) is 2.28. The number of benzene rings is 2. The first-order valence-electron chi connectivity index (χ1n) is 7.06. The summed E-state index contributed by atoms with van der Waals surface area (Å²) >= 11 is 0. The molecule has 0 saturated heterocycles. The van der Waals surface area contributed by atoms with E-state index in [1.54, 1.807) is 6.07 Å². The van der Waals surface area contributed by atoms with Crippen LogP contribution >= 0.6 is 0 Å². The largest absolute Gasteiger partial charge is 0.488 e. The zero-order chi connectivity index (χ0) is 16.2. The van der Waals surface area contributed by atoms with Gasteiger partial charge >= 0.3 is 0 Å². The highest BCUT2D eigenvalue weighted by Crippen LogP contribution is 2.27. The van der Waals surface area contributed by atoms with Crippen molar-refractivity contribution in [2.24, 2.45) is 16.5 Å². The molecule has 116 valence electrons. The number of aliphatic imine (C=N–C) groups is 1. The smallest absolute Gasteiger partial charge is 0.296 e. The van der Waals surface area contributed by atoms with Gasteiger partial charge < -0.3 is 21.2 Å². The number of hydrogen-bond acceptors (Lipinski definition) is 2. The number of carbonyl (C=O) groups excluding carboxylic acids is 1. The van der Waals surface area contributed by atoms with Crippen LogP contribution in [0.3, 0.4) is 0 Å². The minimum atomic E-state index is -0.518. The molecule has 0 fully saturated rings. The highest BCUT2D eigenvalue weighted by Gasteiger charge is 2.12. The number of hydrogen-bond donors (Lipinski definition) is 3. The number of nitrogens with zero attached hydrogens (tertiary/aromatic N) is 1. The molecule has 0 bridgehead atoms. The molecule has 1 aromatic heterocycles. The number of rotatable bonds is 4. The lowest BCUT2D eigenvalue weighted by Crippen LogP contribution is -2.24. The van der Waals surface area contributed by atoms with E-state index in [4.69, 9.17) is 16.2 Å². The predicted molar refractivity (Wildman–Crippen MR) is 89.2 cm³/mol. The molecule has 0 aliphatic carbocycles. The second-order valence-electron chi connectivity index (χ2n) is 5.02. The van der Waals surface area contributed by atoms with Crippen LogP contribution in [-0.2, 0) is 6.61 Å². The van der Waals surface area contributed by atoms with Gasteiger partial charge in [0.25, 0.3) is 5.91 Å². The molecule has 6 nitrogen and oxygen atoms in total. The number of carbonyl (C=O) groups is 1. The van der Waals surface area contributed by atoms with E-state index in [1.807, 2.05) is 48.5 Å². The molecule has 0 atom stereocenters. The van der Waals surface area contributed by atoms with Crippen LogP contribution in [0.5, 0.6) is 5.75 Å². The number of H-pyrrole nitrogens is 1.